The minimum atomic E-state index is -1.25. The van der Waals surface area contributed by atoms with Crippen LogP contribution in [0.15, 0.2) is 17.2 Å². The van der Waals surface area contributed by atoms with Crippen LogP contribution in [-0.2, 0) is 0 Å². The normalized spacial score (nSPS) is 10.5. The molecule has 6 nitrogen and oxygen atoms in total. The first-order chi connectivity index (χ1) is 6.20. The first-order valence-electron chi connectivity index (χ1n) is 3.48. The number of hydrogen-bond acceptors (Lipinski definition) is 3. The highest BCUT2D eigenvalue weighted by Crippen LogP contribution is 2.02. The number of nitrogens with one attached hydrogen (secondary N) is 2. The molecule has 13 heavy (non-hydrogen) atoms. The molecular formula is C7H5N3O3. The Morgan fingerprint density at radius 2 is 2.31 bits per heavy atom. The Morgan fingerprint density at radius 1 is 1.54 bits per heavy atom. The molecule has 0 aliphatic carbocycles. The topological polar surface area (TPSA) is 98.8 Å². The summed E-state index contributed by atoms with van der Waals surface area (Å²) in [6.07, 6.45) is 2.57. The highest BCUT2D eigenvalue weighted by atomic mass is 16.4. The number of pyridine rings is 1. The lowest BCUT2D eigenvalue weighted by Crippen LogP contribution is -2.15. The van der Waals surface area contributed by atoms with E-state index in [4.69, 9.17) is 5.11 Å². The van der Waals surface area contributed by atoms with Crippen molar-refractivity contribution in [1.82, 2.24) is 15.2 Å². The van der Waals surface area contributed by atoms with Crippen molar-refractivity contribution in [1.29, 1.82) is 0 Å². The Labute approximate surface area is 71.2 Å². The average molecular weight is 179 g/mol. The van der Waals surface area contributed by atoms with E-state index in [2.05, 4.69) is 15.2 Å². The fraction of sp³-hybridized carbons (Fsp3) is 0. The summed E-state index contributed by atoms with van der Waals surface area (Å²) in [6.45, 7) is 0. The van der Waals surface area contributed by atoms with Crippen LogP contribution < -0.4 is 5.43 Å². The van der Waals surface area contributed by atoms with E-state index in [1.807, 2.05) is 0 Å². The Bertz CT molecular complexity index is 525. The lowest BCUT2D eigenvalue weighted by atomic mass is 10.2. The van der Waals surface area contributed by atoms with Crippen LogP contribution in [0.25, 0.3) is 11.0 Å². The number of carbonyl (C=O) groups is 1. The largest absolute Gasteiger partial charge is 0.477 e. The molecule has 0 amide bonds. The zero-order valence-corrected chi connectivity index (χ0v) is 6.37. The summed E-state index contributed by atoms with van der Waals surface area (Å²) >= 11 is 0. The summed E-state index contributed by atoms with van der Waals surface area (Å²) in [5.41, 5.74) is -0.176. The van der Waals surface area contributed by atoms with Gasteiger partial charge in [-0.05, 0) is 0 Å². The third kappa shape index (κ3) is 0.994. The fourth-order valence-corrected chi connectivity index (χ4v) is 1.08. The SMILES string of the molecule is O=C(O)c1c[nH]c2cn[nH]c2c1=O. The number of fused-ring (bicyclic) bond motifs is 1. The van der Waals surface area contributed by atoms with Crippen LogP contribution in [0.1, 0.15) is 10.4 Å². The van der Waals surface area contributed by atoms with Gasteiger partial charge in [-0.3, -0.25) is 9.89 Å². The van der Waals surface area contributed by atoms with Crippen molar-refractivity contribution in [2.75, 3.05) is 0 Å². The van der Waals surface area contributed by atoms with Crippen LogP contribution in [-0.4, -0.2) is 26.3 Å². The predicted molar refractivity (Wildman–Crippen MR) is 43.7 cm³/mol. The summed E-state index contributed by atoms with van der Waals surface area (Å²) in [6, 6.07) is 0. The Kier molecular flexibility index (Phi) is 1.42. The molecule has 0 atom stereocenters. The highest BCUT2D eigenvalue weighted by Gasteiger charge is 2.11. The van der Waals surface area contributed by atoms with E-state index >= 15 is 0 Å². The maximum atomic E-state index is 11.4. The second-order valence-electron chi connectivity index (χ2n) is 2.50. The van der Waals surface area contributed by atoms with Gasteiger partial charge >= 0.3 is 5.97 Å². The summed E-state index contributed by atoms with van der Waals surface area (Å²) in [5.74, 6) is -1.25. The molecule has 0 saturated heterocycles. The standard InChI is InChI=1S/C7H5N3O3/c11-6-3(7(12)13)1-8-4-2-9-10-5(4)6/h1-2H,(H,8,11)(H,9,10)(H,12,13). The molecule has 2 heterocycles. The van der Waals surface area contributed by atoms with E-state index < -0.39 is 11.4 Å². The lowest BCUT2D eigenvalue weighted by molar-refractivity contribution is 0.0695. The summed E-state index contributed by atoms with van der Waals surface area (Å²) < 4.78 is 0. The van der Waals surface area contributed by atoms with Gasteiger partial charge in [0.05, 0.1) is 11.7 Å². The number of aromatic carboxylic acids is 1. The van der Waals surface area contributed by atoms with Gasteiger partial charge in [0.2, 0.25) is 5.43 Å². The van der Waals surface area contributed by atoms with E-state index in [1.54, 1.807) is 0 Å². The molecule has 0 aliphatic rings. The van der Waals surface area contributed by atoms with Crippen LogP contribution in [0.3, 0.4) is 0 Å². The van der Waals surface area contributed by atoms with Crippen LogP contribution >= 0.6 is 0 Å². The number of carboxylic acid groups (broad SMARTS) is 1. The van der Waals surface area contributed by atoms with Gasteiger partial charge in [0, 0.05) is 6.20 Å². The van der Waals surface area contributed by atoms with Gasteiger partial charge < -0.3 is 10.1 Å². The number of carboxylic acids is 1. The van der Waals surface area contributed by atoms with E-state index in [-0.39, 0.29) is 11.1 Å². The highest BCUT2D eigenvalue weighted by molar-refractivity contribution is 5.90. The number of rotatable bonds is 1. The molecule has 0 bridgehead atoms. The smallest absolute Gasteiger partial charge is 0.341 e. The molecule has 0 aliphatic heterocycles. The maximum absolute atomic E-state index is 11.4. The van der Waals surface area contributed by atoms with Gasteiger partial charge in [-0.2, -0.15) is 5.10 Å². The lowest BCUT2D eigenvalue weighted by Gasteiger charge is -1.92. The molecule has 66 valence electrons. The zero-order valence-electron chi connectivity index (χ0n) is 6.37. The summed E-state index contributed by atoms with van der Waals surface area (Å²) in [7, 11) is 0. The molecule has 2 aromatic rings. The molecule has 6 heteroatoms. The van der Waals surface area contributed by atoms with Crippen molar-refractivity contribution < 1.29 is 9.90 Å². The van der Waals surface area contributed by atoms with Crippen LogP contribution in [0.4, 0.5) is 0 Å². The van der Waals surface area contributed by atoms with Crippen LogP contribution in [0.5, 0.6) is 0 Å². The van der Waals surface area contributed by atoms with Crippen molar-refractivity contribution in [2.45, 2.75) is 0 Å². The Balaban J connectivity index is 2.89. The predicted octanol–water partition coefficient (Wildman–Crippen LogP) is -0.0506. The first-order valence-corrected chi connectivity index (χ1v) is 3.48. The van der Waals surface area contributed by atoms with E-state index in [0.29, 0.717) is 5.52 Å². The van der Waals surface area contributed by atoms with E-state index in [9.17, 15) is 9.59 Å². The van der Waals surface area contributed by atoms with Crippen molar-refractivity contribution in [3.8, 4) is 0 Å². The van der Waals surface area contributed by atoms with Crippen molar-refractivity contribution in [3.05, 3.63) is 28.2 Å². The molecule has 0 fully saturated rings. The summed E-state index contributed by atoms with van der Waals surface area (Å²) in [4.78, 5) is 24.5. The molecule has 0 unspecified atom stereocenters. The zero-order chi connectivity index (χ0) is 9.42. The van der Waals surface area contributed by atoms with Gasteiger partial charge in [0.25, 0.3) is 0 Å². The summed E-state index contributed by atoms with van der Waals surface area (Å²) in [5, 5.41) is 14.6. The van der Waals surface area contributed by atoms with E-state index in [1.165, 1.54) is 6.20 Å². The maximum Gasteiger partial charge on any atom is 0.341 e. The third-order valence-electron chi connectivity index (χ3n) is 1.71. The van der Waals surface area contributed by atoms with Crippen LogP contribution in [0, 0.1) is 0 Å². The molecule has 3 N–H and O–H groups in total. The second kappa shape index (κ2) is 2.44. The van der Waals surface area contributed by atoms with Gasteiger partial charge in [-0.15, -0.1) is 0 Å². The van der Waals surface area contributed by atoms with Crippen molar-refractivity contribution in [2.24, 2.45) is 0 Å². The molecule has 0 spiro atoms. The molecule has 2 aromatic heterocycles. The minimum absolute atomic E-state index is 0.180. The number of nitrogens with zero attached hydrogens (tertiary/aromatic N) is 1. The van der Waals surface area contributed by atoms with Gasteiger partial charge in [0.15, 0.2) is 0 Å². The first kappa shape index (κ1) is 7.53. The molecule has 0 saturated carbocycles. The molecular weight excluding hydrogens is 174 g/mol. The van der Waals surface area contributed by atoms with Gasteiger partial charge in [-0.25, -0.2) is 4.79 Å². The molecule has 2 rings (SSSR count). The number of aromatic amines is 2. The Morgan fingerprint density at radius 3 is 3.00 bits per heavy atom. The monoisotopic (exact) mass is 179 g/mol. The van der Waals surface area contributed by atoms with Crippen molar-refractivity contribution >= 4 is 17.0 Å². The minimum Gasteiger partial charge on any atom is -0.477 e. The number of aromatic nitrogens is 3. The third-order valence-corrected chi connectivity index (χ3v) is 1.71. The average Bonchev–Trinajstić information content (AvgIpc) is 2.52. The van der Waals surface area contributed by atoms with Gasteiger partial charge in [-0.1, -0.05) is 0 Å². The molecule has 0 aromatic carbocycles. The quantitative estimate of drug-likeness (QED) is 0.571. The number of H-pyrrole nitrogens is 2. The fourth-order valence-electron chi connectivity index (χ4n) is 1.08. The van der Waals surface area contributed by atoms with E-state index in [0.717, 1.165) is 6.20 Å². The van der Waals surface area contributed by atoms with Crippen LogP contribution in [0.2, 0.25) is 0 Å². The second-order valence-corrected chi connectivity index (χ2v) is 2.50. The Hall–Kier alpha value is -2.11. The van der Waals surface area contributed by atoms with Gasteiger partial charge in [0.1, 0.15) is 11.1 Å². The molecule has 0 radical (unpaired) electrons. The number of hydrogen-bond donors (Lipinski definition) is 3. The van der Waals surface area contributed by atoms with Crippen molar-refractivity contribution in [3.63, 3.8) is 0 Å².